The summed E-state index contributed by atoms with van der Waals surface area (Å²) in [6.07, 6.45) is -1.15. The quantitative estimate of drug-likeness (QED) is 0.675. The van der Waals surface area contributed by atoms with Crippen LogP contribution in [0.15, 0.2) is 54.6 Å². The first-order chi connectivity index (χ1) is 11.8. The molecule has 5 N–H and O–H groups in total. The lowest BCUT2D eigenvalue weighted by atomic mass is 10.0. The van der Waals surface area contributed by atoms with Crippen LogP contribution in [0.2, 0.25) is 0 Å². The van der Waals surface area contributed by atoms with Crippen molar-refractivity contribution in [1.82, 2.24) is 0 Å². The zero-order valence-electron chi connectivity index (χ0n) is 14.6. The van der Waals surface area contributed by atoms with Gasteiger partial charge in [-0.25, -0.2) is 4.79 Å². The number of hydrogen-bond acceptors (Lipinski definition) is 4. The van der Waals surface area contributed by atoms with E-state index in [0.717, 1.165) is 5.56 Å². The van der Waals surface area contributed by atoms with Crippen LogP contribution in [0.3, 0.4) is 0 Å². The molecule has 0 unspecified atom stereocenters. The van der Waals surface area contributed by atoms with E-state index in [2.05, 4.69) is 0 Å². The maximum absolute atomic E-state index is 10.4. The first kappa shape index (κ1) is 22.3. The Bertz CT molecular complexity index is 658. The third-order valence-corrected chi connectivity index (χ3v) is 3.03. The van der Waals surface area contributed by atoms with Gasteiger partial charge in [-0.05, 0) is 24.6 Å². The second-order valence-electron chi connectivity index (χ2n) is 4.89. The lowest BCUT2D eigenvalue weighted by Gasteiger charge is -2.14. The largest absolute Gasteiger partial charge is 0.480 e. The van der Waals surface area contributed by atoms with E-state index in [0.29, 0.717) is 11.1 Å². The molecule has 0 radical (unpaired) electrons. The predicted molar refractivity (Wildman–Crippen MR) is 96.5 cm³/mol. The molecule has 25 heavy (non-hydrogen) atoms. The highest BCUT2D eigenvalue weighted by atomic mass is 16.4. The molecule has 6 nitrogen and oxygen atoms in total. The van der Waals surface area contributed by atoms with Gasteiger partial charge in [0.05, 0.1) is 5.56 Å². The summed E-state index contributed by atoms with van der Waals surface area (Å²) >= 11 is 0. The van der Waals surface area contributed by atoms with E-state index in [1.807, 2.05) is 26.8 Å². The third-order valence-electron chi connectivity index (χ3n) is 3.03. The average molecular weight is 347 g/mol. The molecule has 0 aliphatic heterocycles. The zero-order chi connectivity index (χ0) is 19.4. The number of benzene rings is 2. The van der Waals surface area contributed by atoms with Gasteiger partial charge in [-0.3, -0.25) is 4.79 Å². The van der Waals surface area contributed by atoms with Gasteiger partial charge in [0.2, 0.25) is 0 Å². The maximum atomic E-state index is 10.4. The summed E-state index contributed by atoms with van der Waals surface area (Å²) < 4.78 is 0. The van der Waals surface area contributed by atoms with Crippen molar-refractivity contribution < 1.29 is 24.9 Å². The molecule has 2 aromatic rings. The molecule has 6 heteroatoms. The molecule has 2 atom stereocenters. The minimum atomic E-state index is -1.28. The number of aryl methyl sites for hydroxylation is 1. The number of carboxylic acid groups (broad SMARTS) is 2. The summed E-state index contributed by atoms with van der Waals surface area (Å²) in [6, 6.07) is 14.0. The number of carboxylic acids is 2. The van der Waals surface area contributed by atoms with E-state index in [9.17, 15) is 14.7 Å². The number of aliphatic hydroxyl groups excluding tert-OH is 1. The molecule has 0 heterocycles. The van der Waals surface area contributed by atoms with Crippen molar-refractivity contribution in [3.63, 3.8) is 0 Å². The van der Waals surface area contributed by atoms with Gasteiger partial charge in [-0.2, -0.15) is 0 Å². The van der Waals surface area contributed by atoms with Gasteiger partial charge < -0.3 is 21.1 Å². The van der Waals surface area contributed by atoms with E-state index in [1.54, 1.807) is 48.5 Å². The summed E-state index contributed by atoms with van der Waals surface area (Å²) in [6.45, 7) is 5.87. The normalized spacial score (nSPS) is 11.7. The number of aliphatic hydroxyl groups is 1. The van der Waals surface area contributed by atoms with Crippen LogP contribution >= 0.6 is 0 Å². The molecular weight excluding hydrogens is 322 g/mol. The summed E-state index contributed by atoms with van der Waals surface area (Å²) in [5, 5.41) is 26.5. The van der Waals surface area contributed by atoms with Crippen molar-refractivity contribution in [2.45, 2.75) is 32.9 Å². The van der Waals surface area contributed by atoms with Gasteiger partial charge in [-0.15, -0.1) is 0 Å². The molecule has 0 spiro atoms. The van der Waals surface area contributed by atoms with E-state index in [1.165, 1.54) is 0 Å². The topological polar surface area (TPSA) is 121 Å². The van der Waals surface area contributed by atoms with Crippen molar-refractivity contribution in [1.29, 1.82) is 0 Å². The van der Waals surface area contributed by atoms with Crippen molar-refractivity contribution in [3.8, 4) is 0 Å². The minimum absolute atomic E-state index is 0.347. The Kier molecular flexibility index (Phi) is 10.5. The molecular formula is C19H25NO5. The fourth-order valence-electron chi connectivity index (χ4n) is 1.77. The molecule has 2 rings (SSSR count). The molecule has 0 aromatic heterocycles. The van der Waals surface area contributed by atoms with E-state index >= 15 is 0 Å². The predicted octanol–water partition coefficient (Wildman–Crippen LogP) is 2.85. The van der Waals surface area contributed by atoms with Crippen molar-refractivity contribution >= 4 is 11.9 Å². The van der Waals surface area contributed by atoms with E-state index in [-0.39, 0.29) is 0 Å². The highest BCUT2D eigenvalue weighted by molar-refractivity contribution is 5.87. The Morgan fingerprint density at radius 1 is 0.960 bits per heavy atom. The first-order valence-corrected chi connectivity index (χ1v) is 7.84. The fraction of sp³-hybridized carbons (Fsp3) is 0.263. The fourth-order valence-corrected chi connectivity index (χ4v) is 1.77. The molecule has 0 aliphatic rings. The molecule has 0 fully saturated rings. The minimum Gasteiger partial charge on any atom is -0.480 e. The van der Waals surface area contributed by atoms with E-state index in [4.69, 9.17) is 15.9 Å². The molecule has 0 bridgehead atoms. The Balaban J connectivity index is 0.000000430. The Hall–Kier alpha value is -2.70. The molecule has 0 amide bonds. The second-order valence-corrected chi connectivity index (χ2v) is 4.89. The van der Waals surface area contributed by atoms with Gasteiger partial charge in [0.15, 0.2) is 0 Å². The van der Waals surface area contributed by atoms with Gasteiger partial charge >= 0.3 is 11.9 Å². The number of carbonyl (C=O) groups is 2. The molecule has 0 saturated heterocycles. The second kappa shape index (κ2) is 11.8. The van der Waals surface area contributed by atoms with Crippen molar-refractivity contribution in [3.05, 3.63) is 71.3 Å². The lowest BCUT2D eigenvalue weighted by Crippen LogP contribution is -2.36. The number of hydrogen-bond donors (Lipinski definition) is 4. The maximum Gasteiger partial charge on any atom is 0.335 e. The van der Waals surface area contributed by atoms with Crippen LogP contribution in [0.5, 0.6) is 0 Å². The van der Waals surface area contributed by atoms with Gasteiger partial charge in [0.25, 0.3) is 0 Å². The summed E-state index contributed by atoms with van der Waals surface area (Å²) in [5.74, 6) is -2.08. The zero-order valence-corrected chi connectivity index (χ0v) is 14.6. The monoisotopic (exact) mass is 347 g/mol. The van der Waals surface area contributed by atoms with Crippen molar-refractivity contribution in [2.24, 2.45) is 5.73 Å². The van der Waals surface area contributed by atoms with Crippen LogP contribution in [0, 0.1) is 6.92 Å². The van der Waals surface area contributed by atoms with Gasteiger partial charge in [0.1, 0.15) is 12.1 Å². The molecule has 136 valence electrons. The van der Waals surface area contributed by atoms with Gasteiger partial charge in [0, 0.05) is 0 Å². The molecule has 0 saturated carbocycles. The van der Waals surface area contributed by atoms with Crippen LogP contribution < -0.4 is 5.73 Å². The number of aliphatic carboxylic acids is 1. The highest BCUT2D eigenvalue weighted by Gasteiger charge is 2.22. The Morgan fingerprint density at radius 2 is 1.52 bits per heavy atom. The summed E-state index contributed by atoms with van der Waals surface area (Å²) in [7, 11) is 0. The first-order valence-electron chi connectivity index (χ1n) is 7.84. The number of nitrogens with two attached hydrogens (primary N) is 1. The average Bonchev–Trinajstić information content (AvgIpc) is 2.63. The van der Waals surface area contributed by atoms with Crippen molar-refractivity contribution in [2.75, 3.05) is 0 Å². The van der Waals surface area contributed by atoms with E-state index < -0.39 is 24.1 Å². The summed E-state index contributed by atoms with van der Waals surface area (Å²) in [5.41, 5.74) is 7.07. The van der Waals surface area contributed by atoms with Crippen LogP contribution in [0.4, 0.5) is 0 Å². The number of rotatable bonds is 4. The van der Waals surface area contributed by atoms with Crippen LogP contribution in [-0.2, 0) is 4.79 Å². The standard InChI is InChI=1S/C9H11NO3.C8H8O2.C2H6/c10-7(9(12)13)8(11)6-4-2-1-3-5-6;1-6-3-2-4-7(5-6)8(9)10;1-2/h1-5,7-8,11H,10H2,(H,12,13);2-5H,1H3,(H,9,10);1-2H3/t7-,8+;;/m1../s1. The van der Waals surface area contributed by atoms with Crippen LogP contribution in [0.25, 0.3) is 0 Å². The third kappa shape index (κ3) is 8.10. The van der Waals surface area contributed by atoms with Gasteiger partial charge in [-0.1, -0.05) is 61.9 Å². The Morgan fingerprint density at radius 3 is 1.92 bits per heavy atom. The van der Waals surface area contributed by atoms with Crippen LogP contribution in [-0.4, -0.2) is 33.3 Å². The lowest BCUT2D eigenvalue weighted by molar-refractivity contribution is -0.141. The summed E-state index contributed by atoms with van der Waals surface area (Å²) in [4.78, 5) is 20.8. The molecule has 0 aliphatic carbocycles. The SMILES string of the molecule is CC.Cc1cccc(C(=O)O)c1.N[C@@H](C(=O)O)[C@@H](O)c1ccccc1. The highest BCUT2D eigenvalue weighted by Crippen LogP contribution is 2.14. The van der Waals surface area contributed by atoms with Crippen LogP contribution in [0.1, 0.15) is 41.4 Å². The number of aromatic carboxylic acids is 1. The molecule has 2 aromatic carbocycles. The Labute approximate surface area is 147 Å². The smallest absolute Gasteiger partial charge is 0.335 e.